The highest BCUT2D eigenvalue weighted by atomic mass is 35.5. The predicted octanol–water partition coefficient (Wildman–Crippen LogP) is 2.60. The van der Waals surface area contributed by atoms with E-state index in [0.717, 1.165) is 6.42 Å². The van der Waals surface area contributed by atoms with Gasteiger partial charge in [0.15, 0.2) is 5.78 Å². The molecule has 1 unspecified atom stereocenters. The van der Waals surface area contributed by atoms with Gasteiger partial charge in [0.2, 0.25) is 11.8 Å². The Morgan fingerprint density at radius 2 is 2.17 bits per heavy atom. The molecule has 7 nitrogen and oxygen atoms in total. The number of likely N-dealkylation sites (tertiary alicyclic amines) is 1. The molecule has 0 aliphatic carbocycles. The summed E-state index contributed by atoms with van der Waals surface area (Å²) in [6, 6.07) is 5.02. The van der Waals surface area contributed by atoms with Crippen LogP contribution in [0.3, 0.4) is 0 Å². The number of fused-ring (bicyclic) bond motifs is 1. The SMILES string of the molecule is CCOCCCNC(=O)CN1CCC2(CCC1=O)CC(=O)c1cc(Cl)ccc1O2. The molecule has 2 aliphatic heterocycles. The zero-order chi connectivity index (χ0) is 20.9. The summed E-state index contributed by atoms with van der Waals surface area (Å²) in [6.07, 6.45) is 2.14. The van der Waals surface area contributed by atoms with Gasteiger partial charge in [-0.15, -0.1) is 0 Å². The van der Waals surface area contributed by atoms with Crippen molar-refractivity contribution >= 4 is 29.2 Å². The number of amides is 2. The number of carbonyl (C=O) groups is 3. The lowest BCUT2D eigenvalue weighted by atomic mass is 9.84. The third kappa shape index (κ3) is 5.48. The van der Waals surface area contributed by atoms with Crippen molar-refractivity contribution in [3.8, 4) is 5.75 Å². The van der Waals surface area contributed by atoms with Crippen LogP contribution in [-0.4, -0.2) is 60.9 Å². The van der Waals surface area contributed by atoms with E-state index in [-0.39, 0.29) is 37.0 Å². The number of rotatable bonds is 7. The second-order valence-corrected chi connectivity index (χ2v) is 7.93. The first-order chi connectivity index (χ1) is 13.9. The van der Waals surface area contributed by atoms with Crippen LogP contribution in [0.1, 0.15) is 49.4 Å². The monoisotopic (exact) mass is 422 g/mol. The number of nitrogens with zero attached hydrogens (tertiary/aromatic N) is 1. The molecule has 1 spiro atoms. The van der Waals surface area contributed by atoms with E-state index in [2.05, 4.69) is 5.32 Å². The van der Waals surface area contributed by atoms with Crippen molar-refractivity contribution in [1.82, 2.24) is 10.2 Å². The summed E-state index contributed by atoms with van der Waals surface area (Å²) >= 11 is 5.99. The Bertz CT molecular complexity index is 784. The molecule has 1 fully saturated rings. The Morgan fingerprint density at radius 1 is 1.34 bits per heavy atom. The molecule has 0 saturated carbocycles. The van der Waals surface area contributed by atoms with Gasteiger partial charge in [0.05, 0.1) is 18.5 Å². The van der Waals surface area contributed by atoms with Crippen LogP contribution < -0.4 is 10.1 Å². The number of hydrogen-bond donors (Lipinski definition) is 1. The number of ether oxygens (including phenoxy) is 2. The highest BCUT2D eigenvalue weighted by Crippen LogP contribution is 2.40. The smallest absolute Gasteiger partial charge is 0.239 e. The number of halogens is 1. The van der Waals surface area contributed by atoms with Crippen molar-refractivity contribution in [2.45, 2.75) is 44.6 Å². The molecule has 0 aromatic heterocycles. The molecular formula is C21H27ClN2O5. The van der Waals surface area contributed by atoms with E-state index < -0.39 is 5.60 Å². The highest BCUT2D eigenvalue weighted by molar-refractivity contribution is 6.31. The van der Waals surface area contributed by atoms with Crippen molar-refractivity contribution in [2.75, 3.05) is 32.8 Å². The lowest BCUT2D eigenvalue weighted by Crippen LogP contribution is -2.44. The van der Waals surface area contributed by atoms with E-state index in [1.807, 2.05) is 6.92 Å². The van der Waals surface area contributed by atoms with E-state index >= 15 is 0 Å². The lowest BCUT2D eigenvalue weighted by molar-refractivity contribution is -0.135. The summed E-state index contributed by atoms with van der Waals surface area (Å²) in [5.74, 6) is 0.205. The number of ketones is 1. The number of hydrogen-bond acceptors (Lipinski definition) is 5. The van der Waals surface area contributed by atoms with Crippen molar-refractivity contribution in [3.05, 3.63) is 28.8 Å². The molecular weight excluding hydrogens is 396 g/mol. The number of benzene rings is 1. The maximum absolute atomic E-state index is 12.6. The van der Waals surface area contributed by atoms with E-state index in [0.29, 0.717) is 55.5 Å². The van der Waals surface area contributed by atoms with E-state index in [1.54, 1.807) is 23.1 Å². The van der Waals surface area contributed by atoms with Crippen LogP contribution in [-0.2, 0) is 14.3 Å². The van der Waals surface area contributed by atoms with Crippen molar-refractivity contribution in [1.29, 1.82) is 0 Å². The summed E-state index contributed by atoms with van der Waals surface area (Å²) in [7, 11) is 0. The second kappa shape index (κ2) is 9.59. The fourth-order valence-corrected chi connectivity index (χ4v) is 3.94. The Balaban J connectivity index is 1.58. The number of Topliss-reactive ketones (excluding diaryl/α,β-unsaturated/α-hetero) is 1. The van der Waals surface area contributed by atoms with Crippen LogP contribution >= 0.6 is 11.6 Å². The van der Waals surface area contributed by atoms with Crippen molar-refractivity contribution in [2.24, 2.45) is 0 Å². The average molecular weight is 423 g/mol. The fourth-order valence-electron chi connectivity index (χ4n) is 3.77. The third-order valence-electron chi connectivity index (χ3n) is 5.36. The molecule has 2 heterocycles. The molecule has 1 saturated heterocycles. The largest absolute Gasteiger partial charge is 0.486 e. The predicted molar refractivity (Wildman–Crippen MR) is 108 cm³/mol. The van der Waals surface area contributed by atoms with Gasteiger partial charge in [0, 0.05) is 44.2 Å². The summed E-state index contributed by atoms with van der Waals surface area (Å²) in [5.41, 5.74) is -0.224. The molecule has 0 radical (unpaired) electrons. The molecule has 2 amide bonds. The first-order valence-electron chi connectivity index (χ1n) is 10.1. The Morgan fingerprint density at radius 3 is 2.97 bits per heavy atom. The quantitative estimate of drug-likeness (QED) is 0.683. The van der Waals surface area contributed by atoms with E-state index in [9.17, 15) is 14.4 Å². The minimum atomic E-state index is -0.712. The first kappa shape index (κ1) is 21.6. The summed E-state index contributed by atoms with van der Waals surface area (Å²) < 4.78 is 11.4. The topological polar surface area (TPSA) is 84.9 Å². The number of carbonyl (C=O) groups excluding carboxylic acids is 3. The van der Waals surface area contributed by atoms with Gasteiger partial charge in [-0.3, -0.25) is 14.4 Å². The molecule has 1 aromatic carbocycles. The molecule has 0 bridgehead atoms. The molecule has 1 atom stereocenters. The van der Waals surface area contributed by atoms with Crippen molar-refractivity contribution < 1.29 is 23.9 Å². The van der Waals surface area contributed by atoms with Crippen LogP contribution in [0.25, 0.3) is 0 Å². The molecule has 1 aromatic rings. The van der Waals surface area contributed by atoms with Crippen LogP contribution in [0, 0.1) is 0 Å². The minimum absolute atomic E-state index is 0.0175. The van der Waals surface area contributed by atoms with E-state index in [4.69, 9.17) is 21.1 Å². The number of nitrogens with one attached hydrogen (secondary N) is 1. The molecule has 8 heteroatoms. The van der Waals surface area contributed by atoms with Gasteiger partial charge in [-0.2, -0.15) is 0 Å². The normalized spacial score (nSPS) is 21.5. The van der Waals surface area contributed by atoms with Gasteiger partial charge in [-0.05, 0) is 38.0 Å². The van der Waals surface area contributed by atoms with Gasteiger partial charge in [0.25, 0.3) is 0 Å². The summed E-state index contributed by atoms with van der Waals surface area (Å²) in [6.45, 7) is 4.08. The van der Waals surface area contributed by atoms with Crippen LogP contribution in [0.15, 0.2) is 18.2 Å². The zero-order valence-electron chi connectivity index (χ0n) is 16.7. The fraction of sp³-hybridized carbons (Fsp3) is 0.571. The van der Waals surface area contributed by atoms with Gasteiger partial charge < -0.3 is 19.7 Å². The molecule has 2 aliphatic rings. The summed E-state index contributed by atoms with van der Waals surface area (Å²) in [5, 5.41) is 3.31. The minimum Gasteiger partial charge on any atom is -0.486 e. The van der Waals surface area contributed by atoms with Gasteiger partial charge in [-0.1, -0.05) is 11.6 Å². The first-order valence-corrected chi connectivity index (χ1v) is 10.4. The third-order valence-corrected chi connectivity index (χ3v) is 5.60. The maximum atomic E-state index is 12.6. The Kier molecular flexibility index (Phi) is 7.14. The standard InChI is InChI=1S/C21H27ClN2O5/c1-2-28-11-3-9-23-19(26)14-24-10-8-21(7-6-20(24)27)13-17(25)16-12-15(22)4-5-18(16)29-21/h4-5,12H,2-3,6-11,13-14H2,1H3,(H,23,26). The molecule has 1 N–H and O–H groups in total. The zero-order valence-corrected chi connectivity index (χ0v) is 17.4. The van der Waals surface area contributed by atoms with Crippen LogP contribution in [0.2, 0.25) is 5.02 Å². The van der Waals surface area contributed by atoms with Crippen LogP contribution in [0.4, 0.5) is 0 Å². The maximum Gasteiger partial charge on any atom is 0.239 e. The summed E-state index contributed by atoms with van der Waals surface area (Å²) in [4.78, 5) is 38.9. The average Bonchev–Trinajstić information content (AvgIpc) is 2.83. The Labute approximate surface area is 175 Å². The molecule has 158 valence electrons. The van der Waals surface area contributed by atoms with E-state index in [1.165, 1.54) is 0 Å². The van der Waals surface area contributed by atoms with Gasteiger partial charge in [0.1, 0.15) is 11.4 Å². The molecule has 29 heavy (non-hydrogen) atoms. The van der Waals surface area contributed by atoms with Gasteiger partial charge >= 0.3 is 0 Å². The second-order valence-electron chi connectivity index (χ2n) is 7.49. The van der Waals surface area contributed by atoms with Crippen LogP contribution in [0.5, 0.6) is 5.75 Å². The lowest BCUT2D eigenvalue weighted by Gasteiger charge is -2.37. The Hall–Kier alpha value is -2.12. The van der Waals surface area contributed by atoms with Crippen molar-refractivity contribution in [3.63, 3.8) is 0 Å². The highest BCUT2D eigenvalue weighted by Gasteiger charge is 2.43. The van der Waals surface area contributed by atoms with Gasteiger partial charge in [-0.25, -0.2) is 0 Å². The molecule has 3 rings (SSSR count).